The molecule has 0 saturated carbocycles. The third-order valence-corrected chi connectivity index (χ3v) is 4.84. The monoisotopic (exact) mass is 330 g/mol. The van der Waals surface area contributed by atoms with Crippen LogP contribution in [0.4, 0.5) is 0 Å². The van der Waals surface area contributed by atoms with Crippen molar-refractivity contribution in [2.75, 3.05) is 13.1 Å². The van der Waals surface area contributed by atoms with Gasteiger partial charge in [-0.1, -0.05) is 73.7 Å². The van der Waals surface area contributed by atoms with E-state index in [0.29, 0.717) is 19.0 Å². The van der Waals surface area contributed by atoms with Crippen molar-refractivity contribution in [1.82, 2.24) is 4.90 Å². The molecule has 0 spiro atoms. The summed E-state index contributed by atoms with van der Waals surface area (Å²) < 4.78 is 0. The Bertz CT molecular complexity index is 790. The number of hydrogen-bond donors (Lipinski definition) is 0. The zero-order valence-corrected chi connectivity index (χ0v) is 14.4. The lowest BCUT2D eigenvalue weighted by Gasteiger charge is -2.17. The number of amides is 1. The fraction of sp³-hybridized carbons (Fsp3) is 0.273. The maximum absolute atomic E-state index is 12.8. The molecule has 3 rings (SSSR count). The standard InChI is InChI=1S/C22H22N2O/c1-17(18-8-4-2-5-9-18)14-21(15-23)22(25)24-13-12-20(16-24)19-10-6-3-7-11-19/h2-11,14,17,20H,12-13,16H2,1H3/b21-14+/t17-,20-/m1/s1. The fourth-order valence-electron chi connectivity index (χ4n) is 3.37. The van der Waals surface area contributed by atoms with Gasteiger partial charge < -0.3 is 4.90 Å². The molecule has 0 aromatic heterocycles. The summed E-state index contributed by atoms with van der Waals surface area (Å²) in [7, 11) is 0. The molecule has 126 valence electrons. The quantitative estimate of drug-likeness (QED) is 0.621. The normalized spacial score (nSPS) is 18.6. The van der Waals surface area contributed by atoms with Crippen molar-refractivity contribution < 1.29 is 4.79 Å². The molecule has 1 amide bonds. The van der Waals surface area contributed by atoms with Crippen LogP contribution in [0.5, 0.6) is 0 Å². The average Bonchev–Trinajstić information content (AvgIpc) is 3.17. The van der Waals surface area contributed by atoms with Crippen molar-refractivity contribution >= 4 is 5.91 Å². The number of nitrogens with zero attached hydrogens (tertiary/aromatic N) is 2. The minimum atomic E-state index is -0.149. The van der Waals surface area contributed by atoms with Crippen molar-refractivity contribution in [3.05, 3.63) is 83.4 Å². The summed E-state index contributed by atoms with van der Waals surface area (Å²) in [6.45, 7) is 3.40. The van der Waals surface area contributed by atoms with Gasteiger partial charge in [-0.15, -0.1) is 0 Å². The highest BCUT2D eigenvalue weighted by molar-refractivity contribution is 5.97. The van der Waals surface area contributed by atoms with Gasteiger partial charge in [0.2, 0.25) is 0 Å². The molecule has 0 N–H and O–H groups in total. The smallest absolute Gasteiger partial charge is 0.264 e. The molecule has 1 saturated heterocycles. The Morgan fingerprint density at radius 3 is 2.44 bits per heavy atom. The first-order valence-electron chi connectivity index (χ1n) is 8.70. The highest BCUT2D eigenvalue weighted by Gasteiger charge is 2.29. The Morgan fingerprint density at radius 2 is 1.80 bits per heavy atom. The average molecular weight is 330 g/mol. The van der Waals surface area contributed by atoms with Crippen LogP contribution in [-0.2, 0) is 4.79 Å². The predicted molar refractivity (Wildman–Crippen MR) is 98.9 cm³/mol. The Hall–Kier alpha value is -2.86. The molecule has 1 fully saturated rings. The summed E-state index contributed by atoms with van der Waals surface area (Å²) in [6.07, 6.45) is 2.73. The Morgan fingerprint density at radius 1 is 1.16 bits per heavy atom. The molecule has 0 radical (unpaired) electrons. The highest BCUT2D eigenvalue weighted by Crippen LogP contribution is 2.28. The lowest BCUT2D eigenvalue weighted by atomic mass is 9.98. The summed E-state index contributed by atoms with van der Waals surface area (Å²) in [5.74, 6) is 0.243. The van der Waals surface area contributed by atoms with Crippen LogP contribution in [0.15, 0.2) is 72.3 Å². The predicted octanol–water partition coefficient (Wildman–Crippen LogP) is 4.26. The first-order chi connectivity index (χ1) is 12.2. The summed E-state index contributed by atoms with van der Waals surface area (Å²) in [6, 6.07) is 22.3. The molecule has 3 heteroatoms. The van der Waals surface area contributed by atoms with Gasteiger partial charge in [0.25, 0.3) is 5.91 Å². The second kappa shape index (κ2) is 7.81. The second-order valence-corrected chi connectivity index (χ2v) is 6.54. The molecular formula is C22H22N2O. The van der Waals surface area contributed by atoms with E-state index in [0.717, 1.165) is 12.0 Å². The van der Waals surface area contributed by atoms with Crippen LogP contribution in [0.3, 0.4) is 0 Å². The molecule has 0 aliphatic carbocycles. The molecule has 1 aliphatic heterocycles. The fourth-order valence-corrected chi connectivity index (χ4v) is 3.37. The van der Waals surface area contributed by atoms with Gasteiger partial charge in [-0.3, -0.25) is 4.79 Å². The molecule has 0 bridgehead atoms. The Balaban J connectivity index is 1.71. The van der Waals surface area contributed by atoms with Crippen LogP contribution in [0, 0.1) is 11.3 Å². The zero-order chi connectivity index (χ0) is 17.6. The van der Waals surface area contributed by atoms with Crippen molar-refractivity contribution in [2.45, 2.75) is 25.2 Å². The molecular weight excluding hydrogens is 308 g/mol. The van der Waals surface area contributed by atoms with Gasteiger partial charge in [0.15, 0.2) is 0 Å². The van der Waals surface area contributed by atoms with Crippen molar-refractivity contribution in [2.24, 2.45) is 0 Å². The van der Waals surface area contributed by atoms with E-state index in [1.807, 2.05) is 60.4 Å². The van der Waals surface area contributed by atoms with E-state index in [4.69, 9.17) is 0 Å². The van der Waals surface area contributed by atoms with E-state index in [9.17, 15) is 10.1 Å². The molecule has 1 aliphatic rings. The molecule has 0 unspecified atom stereocenters. The first kappa shape index (κ1) is 17.0. The number of hydrogen-bond acceptors (Lipinski definition) is 2. The molecule has 2 atom stereocenters. The molecule has 25 heavy (non-hydrogen) atoms. The SMILES string of the molecule is C[C@H](/C=C(\C#N)C(=O)N1CC[C@@H](c2ccccc2)C1)c1ccccc1. The summed E-state index contributed by atoms with van der Waals surface area (Å²) in [4.78, 5) is 14.6. The number of allylic oxidation sites excluding steroid dienone is 1. The number of benzene rings is 2. The van der Waals surface area contributed by atoms with Gasteiger partial charge in [0, 0.05) is 24.9 Å². The first-order valence-corrected chi connectivity index (χ1v) is 8.70. The Kier molecular flexibility index (Phi) is 5.30. The van der Waals surface area contributed by atoms with E-state index in [2.05, 4.69) is 18.2 Å². The minimum absolute atomic E-state index is 0.0346. The van der Waals surface area contributed by atoms with Crippen LogP contribution in [0.2, 0.25) is 0 Å². The van der Waals surface area contributed by atoms with E-state index in [-0.39, 0.29) is 17.4 Å². The minimum Gasteiger partial charge on any atom is -0.337 e. The number of rotatable bonds is 4. The van der Waals surface area contributed by atoms with Crippen molar-refractivity contribution in [1.29, 1.82) is 5.26 Å². The van der Waals surface area contributed by atoms with Gasteiger partial charge in [-0.25, -0.2) is 0 Å². The van der Waals surface area contributed by atoms with Crippen LogP contribution in [-0.4, -0.2) is 23.9 Å². The van der Waals surface area contributed by atoms with Gasteiger partial charge in [0.05, 0.1) is 0 Å². The van der Waals surface area contributed by atoms with E-state index < -0.39 is 0 Å². The topological polar surface area (TPSA) is 44.1 Å². The lowest BCUT2D eigenvalue weighted by Crippen LogP contribution is -2.29. The maximum atomic E-state index is 12.8. The van der Waals surface area contributed by atoms with Gasteiger partial charge in [-0.05, 0) is 17.5 Å². The number of likely N-dealkylation sites (tertiary alicyclic amines) is 1. The second-order valence-electron chi connectivity index (χ2n) is 6.54. The van der Waals surface area contributed by atoms with Crippen molar-refractivity contribution in [3.63, 3.8) is 0 Å². The van der Waals surface area contributed by atoms with Crippen LogP contribution in [0.25, 0.3) is 0 Å². The third-order valence-electron chi connectivity index (χ3n) is 4.84. The van der Waals surface area contributed by atoms with Crippen LogP contribution >= 0.6 is 0 Å². The third kappa shape index (κ3) is 3.97. The molecule has 2 aromatic carbocycles. The lowest BCUT2D eigenvalue weighted by molar-refractivity contribution is -0.125. The summed E-state index contributed by atoms with van der Waals surface area (Å²) >= 11 is 0. The summed E-state index contributed by atoms with van der Waals surface area (Å²) in [5, 5.41) is 9.47. The molecule has 2 aromatic rings. The number of carbonyl (C=O) groups is 1. The number of nitriles is 1. The zero-order valence-electron chi connectivity index (χ0n) is 14.4. The number of carbonyl (C=O) groups excluding carboxylic acids is 1. The van der Waals surface area contributed by atoms with E-state index >= 15 is 0 Å². The van der Waals surface area contributed by atoms with Crippen LogP contribution in [0.1, 0.15) is 36.3 Å². The Labute approximate surface area is 149 Å². The largest absolute Gasteiger partial charge is 0.337 e. The van der Waals surface area contributed by atoms with Gasteiger partial charge >= 0.3 is 0 Å². The van der Waals surface area contributed by atoms with E-state index in [1.54, 1.807) is 6.08 Å². The highest BCUT2D eigenvalue weighted by atomic mass is 16.2. The van der Waals surface area contributed by atoms with Gasteiger partial charge in [-0.2, -0.15) is 5.26 Å². The maximum Gasteiger partial charge on any atom is 0.264 e. The molecule has 3 nitrogen and oxygen atoms in total. The van der Waals surface area contributed by atoms with Gasteiger partial charge in [0.1, 0.15) is 11.6 Å². The van der Waals surface area contributed by atoms with E-state index in [1.165, 1.54) is 5.56 Å². The van der Waals surface area contributed by atoms with Crippen molar-refractivity contribution in [3.8, 4) is 6.07 Å². The summed E-state index contributed by atoms with van der Waals surface area (Å²) in [5.41, 5.74) is 2.61. The molecule has 1 heterocycles. The van der Waals surface area contributed by atoms with Crippen LogP contribution < -0.4 is 0 Å².